The largest absolute Gasteiger partial charge is 0.367 e. The molecule has 0 aliphatic heterocycles. The Morgan fingerprint density at radius 2 is 1.94 bits per heavy atom. The Morgan fingerprint density at radius 3 is 2.50 bits per heavy atom. The highest BCUT2D eigenvalue weighted by molar-refractivity contribution is 5.58. The highest BCUT2D eigenvalue weighted by Crippen LogP contribution is 2.35. The first-order valence-corrected chi connectivity index (χ1v) is 6.69. The molecular weight excluding hydrogens is 226 g/mol. The van der Waals surface area contributed by atoms with Crippen molar-refractivity contribution in [3.05, 3.63) is 11.9 Å². The van der Waals surface area contributed by atoms with Gasteiger partial charge in [0.05, 0.1) is 0 Å². The zero-order chi connectivity index (χ0) is 13.1. The van der Waals surface area contributed by atoms with Gasteiger partial charge in [0.25, 0.3) is 0 Å². The Morgan fingerprint density at radius 1 is 1.28 bits per heavy atom. The van der Waals surface area contributed by atoms with Gasteiger partial charge in [0.2, 0.25) is 0 Å². The third kappa shape index (κ3) is 3.10. The minimum absolute atomic E-state index is 0.327. The molecule has 1 saturated carbocycles. The van der Waals surface area contributed by atoms with Gasteiger partial charge in [-0.15, -0.1) is 0 Å². The number of hydrogen-bond acceptors (Lipinski definition) is 5. The lowest BCUT2D eigenvalue weighted by atomic mass is 10.0. The summed E-state index contributed by atoms with van der Waals surface area (Å²) in [6, 6.07) is 0.440. The van der Waals surface area contributed by atoms with Crippen molar-refractivity contribution < 1.29 is 0 Å². The molecule has 5 heteroatoms. The van der Waals surface area contributed by atoms with Crippen molar-refractivity contribution in [2.24, 2.45) is 11.8 Å². The van der Waals surface area contributed by atoms with Crippen LogP contribution in [0.15, 0.2) is 6.33 Å². The van der Waals surface area contributed by atoms with Crippen molar-refractivity contribution >= 4 is 11.6 Å². The monoisotopic (exact) mass is 249 g/mol. The Bertz CT molecular complexity index is 400. The number of hydrogen-bond donors (Lipinski definition) is 3. The first kappa shape index (κ1) is 13.1. The van der Waals surface area contributed by atoms with Crippen molar-refractivity contribution in [1.82, 2.24) is 9.97 Å². The third-order valence-corrected chi connectivity index (χ3v) is 3.36. The minimum Gasteiger partial charge on any atom is -0.367 e. The van der Waals surface area contributed by atoms with E-state index in [1.807, 2.05) is 0 Å². The maximum Gasteiger partial charge on any atom is 0.148 e. The summed E-state index contributed by atoms with van der Waals surface area (Å²) in [6.45, 7) is 6.45. The molecule has 1 aromatic heterocycles. The molecule has 1 fully saturated rings. The first-order valence-electron chi connectivity index (χ1n) is 6.69. The molecular formula is C13H23N5. The predicted octanol–water partition coefficient (Wildman–Crippen LogP) is 2.49. The van der Waals surface area contributed by atoms with Crippen LogP contribution in [0.4, 0.5) is 11.6 Å². The molecule has 0 radical (unpaired) electrons. The fourth-order valence-electron chi connectivity index (χ4n) is 2.32. The molecule has 0 amide bonds. The van der Waals surface area contributed by atoms with Gasteiger partial charge in [0, 0.05) is 11.6 Å². The average molecular weight is 249 g/mol. The molecule has 1 atom stereocenters. The summed E-state index contributed by atoms with van der Waals surface area (Å²) < 4.78 is 0. The van der Waals surface area contributed by atoms with Crippen molar-refractivity contribution in [2.75, 3.05) is 10.7 Å². The molecule has 0 aromatic carbocycles. The SMILES string of the molecule is CC(CC1CC1)Nc1ncnc(NN)c1C(C)C. The lowest BCUT2D eigenvalue weighted by Gasteiger charge is -2.20. The molecule has 0 saturated heterocycles. The lowest BCUT2D eigenvalue weighted by molar-refractivity contribution is 0.638. The van der Waals surface area contributed by atoms with Crippen LogP contribution in [0.2, 0.25) is 0 Å². The summed E-state index contributed by atoms with van der Waals surface area (Å²) in [4.78, 5) is 8.53. The second kappa shape index (κ2) is 5.52. The Balaban J connectivity index is 2.14. The number of anilines is 2. The summed E-state index contributed by atoms with van der Waals surface area (Å²) in [7, 11) is 0. The van der Waals surface area contributed by atoms with E-state index in [1.54, 1.807) is 6.33 Å². The second-order valence-corrected chi connectivity index (χ2v) is 5.51. The smallest absolute Gasteiger partial charge is 0.148 e. The number of nitrogen functional groups attached to an aromatic ring is 1. The molecule has 18 heavy (non-hydrogen) atoms. The van der Waals surface area contributed by atoms with E-state index in [1.165, 1.54) is 19.3 Å². The van der Waals surface area contributed by atoms with Crippen LogP contribution in [-0.4, -0.2) is 16.0 Å². The van der Waals surface area contributed by atoms with E-state index in [9.17, 15) is 0 Å². The fourth-order valence-corrected chi connectivity index (χ4v) is 2.32. The van der Waals surface area contributed by atoms with E-state index in [-0.39, 0.29) is 0 Å². The molecule has 0 spiro atoms. The zero-order valence-corrected chi connectivity index (χ0v) is 11.4. The molecule has 1 aliphatic rings. The third-order valence-electron chi connectivity index (χ3n) is 3.36. The standard InChI is InChI=1S/C13H23N5/c1-8(2)11-12(15-7-16-13(11)18-14)17-9(3)6-10-4-5-10/h7-10H,4-6,14H2,1-3H3,(H2,15,16,17,18). The van der Waals surface area contributed by atoms with Gasteiger partial charge in [0.1, 0.15) is 18.0 Å². The molecule has 1 aromatic rings. The molecule has 0 bridgehead atoms. The highest BCUT2D eigenvalue weighted by Gasteiger charge is 2.24. The topological polar surface area (TPSA) is 75.9 Å². The van der Waals surface area contributed by atoms with Crippen LogP contribution >= 0.6 is 0 Å². The van der Waals surface area contributed by atoms with Gasteiger partial charge in [-0.05, 0) is 25.2 Å². The van der Waals surface area contributed by atoms with Crippen LogP contribution in [0.3, 0.4) is 0 Å². The van der Waals surface area contributed by atoms with E-state index in [0.29, 0.717) is 17.8 Å². The van der Waals surface area contributed by atoms with Gasteiger partial charge >= 0.3 is 0 Å². The lowest BCUT2D eigenvalue weighted by Crippen LogP contribution is -2.20. The van der Waals surface area contributed by atoms with Crippen LogP contribution in [0.25, 0.3) is 0 Å². The van der Waals surface area contributed by atoms with Crippen LogP contribution in [-0.2, 0) is 0 Å². The molecule has 5 nitrogen and oxygen atoms in total. The number of nitrogens with one attached hydrogen (secondary N) is 2. The van der Waals surface area contributed by atoms with Crippen LogP contribution in [0.1, 0.15) is 51.5 Å². The molecule has 1 unspecified atom stereocenters. The normalized spacial score (nSPS) is 16.7. The summed E-state index contributed by atoms with van der Waals surface area (Å²) >= 11 is 0. The van der Waals surface area contributed by atoms with Crippen LogP contribution in [0.5, 0.6) is 0 Å². The summed E-state index contributed by atoms with van der Waals surface area (Å²) in [6.07, 6.45) is 5.52. The average Bonchev–Trinajstić information content (AvgIpc) is 3.11. The maximum absolute atomic E-state index is 5.51. The first-order chi connectivity index (χ1) is 8.61. The Labute approximate surface area is 109 Å². The summed E-state index contributed by atoms with van der Waals surface area (Å²) in [5, 5.41) is 3.49. The number of aromatic nitrogens is 2. The van der Waals surface area contributed by atoms with E-state index < -0.39 is 0 Å². The molecule has 100 valence electrons. The van der Waals surface area contributed by atoms with Gasteiger partial charge in [-0.25, -0.2) is 15.8 Å². The van der Waals surface area contributed by atoms with Crippen molar-refractivity contribution in [2.45, 2.75) is 52.0 Å². The number of rotatable bonds is 6. The number of nitrogens with zero attached hydrogens (tertiary/aromatic N) is 2. The highest BCUT2D eigenvalue weighted by atomic mass is 15.3. The van der Waals surface area contributed by atoms with Crippen LogP contribution < -0.4 is 16.6 Å². The molecule has 4 N–H and O–H groups in total. The maximum atomic E-state index is 5.51. The van der Waals surface area contributed by atoms with Gasteiger partial charge in [-0.2, -0.15) is 0 Å². The summed E-state index contributed by atoms with van der Waals surface area (Å²) in [5.41, 5.74) is 3.71. The van der Waals surface area contributed by atoms with Gasteiger partial charge in [0.15, 0.2) is 0 Å². The van der Waals surface area contributed by atoms with Crippen molar-refractivity contribution in [1.29, 1.82) is 0 Å². The molecule has 2 rings (SSSR count). The van der Waals surface area contributed by atoms with E-state index >= 15 is 0 Å². The number of hydrazine groups is 1. The minimum atomic E-state index is 0.327. The van der Waals surface area contributed by atoms with E-state index in [4.69, 9.17) is 5.84 Å². The van der Waals surface area contributed by atoms with Crippen LogP contribution in [0, 0.1) is 5.92 Å². The Hall–Kier alpha value is -1.36. The van der Waals surface area contributed by atoms with E-state index in [2.05, 4.69) is 41.5 Å². The van der Waals surface area contributed by atoms with E-state index in [0.717, 1.165) is 17.3 Å². The predicted molar refractivity (Wildman–Crippen MR) is 74.4 cm³/mol. The van der Waals surface area contributed by atoms with Gasteiger partial charge < -0.3 is 10.7 Å². The van der Waals surface area contributed by atoms with Gasteiger partial charge in [-0.1, -0.05) is 26.7 Å². The Kier molecular flexibility index (Phi) is 4.01. The quantitative estimate of drug-likeness (QED) is 0.533. The fraction of sp³-hybridized carbons (Fsp3) is 0.692. The number of nitrogens with two attached hydrogens (primary N) is 1. The summed E-state index contributed by atoms with van der Waals surface area (Å²) in [5.74, 6) is 8.36. The molecule has 1 aliphatic carbocycles. The van der Waals surface area contributed by atoms with Gasteiger partial charge in [-0.3, -0.25) is 0 Å². The second-order valence-electron chi connectivity index (χ2n) is 5.51. The van der Waals surface area contributed by atoms with Crippen molar-refractivity contribution in [3.8, 4) is 0 Å². The van der Waals surface area contributed by atoms with Crippen molar-refractivity contribution in [3.63, 3.8) is 0 Å². The zero-order valence-electron chi connectivity index (χ0n) is 11.4. The molecule has 1 heterocycles.